The molecule has 1 aliphatic heterocycles. The normalized spacial score (nSPS) is 21.8. The third-order valence-electron chi connectivity index (χ3n) is 7.77. The lowest BCUT2D eigenvalue weighted by Crippen LogP contribution is -2.41. The minimum Gasteiger partial charge on any atom is -0.348 e. The smallest absolute Gasteiger partial charge is 0.254 e. The second kappa shape index (κ2) is 8.64. The summed E-state index contributed by atoms with van der Waals surface area (Å²) >= 11 is 0. The van der Waals surface area contributed by atoms with E-state index in [0.29, 0.717) is 41.1 Å². The molecule has 2 heterocycles. The Labute approximate surface area is 189 Å². The molecule has 6 nitrogen and oxygen atoms in total. The van der Waals surface area contributed by atoms with Gasteiger partial charge in [-0.05, 0) is 62.3 Å². The highest BCUT2D eigenvalue weighted by atomic mass is 16.2. The molecule has 1 N–H and O–H groups in total. The van der Waals surface area contributed by atoms with Crippen LogP contribution in [0.5, 0.6) is 0 Å². The SMILES string of the molecule is Cc1ncc(C(=O)NCc2ccccc2)c(CC2CCN(C(=O)[C@H]3CC34CCC4)CC2)n1. The Kier molecular flexibility index (Phi) is 5.70. The molecular formula is C26H32N4O2. The Morgan fingerprint density at radius 1 is 1.16 bits per heavy atom. The summed E-state index contributed by atoms with van der Waals surface area (Å²) < 4.78 is 0. The van der Waals surface area contributed by atoms with Crippen LogP contribution in [0.15, 0.2) is 36.5 Å². The van der Waals surface area contributed by atoms with Crippen molar-refractivity contribution in [1.29, 1.82) is 0 Å². The third-order valence-corrected chi connectivity index (χ3v) is 7.77. The van der Waals surface area contributed by atoms with Gasteiger partial charge in [-0.2, -0.15) is 0 Å². The largest absolute Gasteiger partial charge is 0.348 e. The van der Waals surface area contributed by atoms with Crippen molar-refractivity contribution >= 4 is 11.8 Å². The molecule has 0 radical (unpaired) electrons. The number of piperidine rings is 1. The van der Waals surface area contributed by atoms with Gasteiger partial charge in [0.15, 0.2) is 0 Å². The highest BCUT2D eigenvalue weighted by molar-refractivity contribution is 5.94. The van der Waals surface area contributed by atoms with Gasteiger partial charge in [-0.1, -0.05) is 36.8 Å². The van der Waals surface area contributed by atoms with Crippen molar-refractivity contribution in [3.8, 4) is 0 Å². The van der Waals surface area contributed by atoms with Gasteiger partial charge in [-0.15, -0.1) is 0 Å². The summed E-state index contributed by atoms with van der Waals surface area (Å²) in [6.07, 6.45) is 9.27. The molecule has 1 spiro atoms. The molecule has 32 heavy (non-hydrogen) atoms. The van der Waals surface area contributed by atoms with E-state index in [1.54, 1.807) is 6.20 Å². The minimum absolute atomic E-state index is 0.129. The Morgan fingerprint density at radius 3 is 2.56 bits per heavy atom. The predicted molar refractivity (Wildman–Crippen MR) is 122 cm³/mol. The molecular weight excluding hydrogens is 400 g/mol. The van der Waals surface area contributed by atoms with Crippen LogP contribution in [0.2, 0.25) is 0 Å². The lowest BCUT2D eigenvalue weighted by Gasteiger charge is -2.34. The maximum Gasteiger partial charge on any atom is 0.254 e. The minimum atomic E-state index is -0.129. The van der Waals surface area contributed by atoms with Crippen molar-refractivity contribution < 1.29 is 9.59 Å². The number of carbonyl (C=O) groups excluding carboxylic acids is 2. The lowest BCUT2D eigenvalue weighted by atomic mass is 9.79. The number of amides is 2. The van der Waals surface area contributed by atoms with Crippen molar-refractivity contribution in [2.24, 2.45) is 17.3 Å². The van der Waals surface area contributed by atoms with Gasteiger partial charge in [-0.3, -0.25) is 9.59 Å². The van der Waals surface area contributed by atoms with Crippen LogP contribution in [0.1, 0.15) is 66.0 Å². The Hall–Kier alpha value is -2.76. The van der Waals surface area contributed by atoms with Crippen molar-refractivity contribution in [2.45, 2.75) is 58.4 Å². The summed E-state index contributed by atoms with van der Waals surface area (Å²) in [5.41, 5.74) is 2.85. The molecule has 6 heteroatoms. The van der Waals surface area contributed by atoms with Crippen LogP contribution in [0.4, 0.5) is 0 Å². The second-order valence-corrected chi connectivity index (χ2v) is 9.89. The average Bonchev–Trinajstić information content (AvgIpc) is 3.55. The molecule has 5 rings (SSSR count). The Bertz CT molecular complexity index is 994. The van der Waals surface area contributed by atoms with Gasteiger partial charge in [0.25, 0.3) is 5.91 Å². The summed E-state index contributed by atoms with van der Waals surface area (Å²) in [6.45, 7) is 4.00. The fraction of sp³-hybridized carbons (Fsp3) is 0.538. The average molecular weight is 433 g/mol. The van der Waals surface area contributed by atoms with Gasteiger partial charge in [0.05, 0.1) is 11.3 Å². The zero-order valence-electron chi connectivity index (χ0n) is 18.8. The first-order chi connectivity index (χ1) is 15.5. The maximum absolute atomic E-state index is 12.9. The number of hydrogen-bond donors (Lipinski definition) is 1. The van der Waals surface area contributed by atoms with Gasteiger partial charge in [0.2, 0.25) is 5.91 Å². The maximum atomic E-state index is 12.9. The van der Waals surface area contributed by atoms with E-state index < -0.39 is 0 Å². The van der Waals surface area contributed by atoms with Gasteiger partial charge < -0.3 is 10.2 Å². The van der Waals surface area contributed by atoms with E-state index in [9.17, 15) is 9.59 Å². The zero-order valence-corrected chi connectivity index (χ0v) is 18.8. The van der Waals surface area contributed by atoms with Crippen molar-refractivity contribution in [3.05, 3.63) is 59.2 Å². The van der Waals surface area contributed by atoms with Gasteiger partial charge in [0.1, 0.15) is 5.82 Å². The second-order valence-electron chi connectivity index (χ2n) is 9.89. The van der Waals surface area contributed by atoms with Gasteiger partial charge >= 0.3 is 0 Å². The van der Waals surface area contributed by atoms with Crippen LogP contribution in [0, 0.1) is 24.2 Å². The van der Waals surface area contributed by atoms with Gasteiger partial charge in [-0.25, -0.2) is 9.97 Å². The Balaban J connectivity index is 1.18. The van der Waals surface area contributed by atoms with E-state index >= 15 is 0 Å². The van der Waals surface area contributed by atoms with Crippen LogP contribution < -0.4 is 5.32 Å². The standard InChI is InChI=1S/C26H32N4O2/c1-18-27-17-21(24(31)28-16-20-6-3-2-4-7-20)23(29-18)14-19-8-12-30(13-9-19)25(32)22-15-26(22)10-5-11-26/h2-4,6-7,17,19,22H,5,8-16H2,1H3,(H,28,31)/t22-/m1/s1. The first kappa shape index (κ1) is 21.1. The Morgan fingerprint density at radius 2 is 1.91 bits per heavy atom. The molecule has 1 aromatic heterocycles. The molecule has 168 valence electrons. The number of hydrogen-bond acceptors (Lipinski definition) is 4. The molecule has 2 aromatic rings. The number of benzene rings is 1. The third kappa shape index (κ3) is 4.27. The van der Waals surface area contributed by atoms with Crippen molar-refractivity contribution in [3.63, 3.8) is 0 Å². The van der Waals surface area contributed by atoms with Crippen LogP contribution in [0.3, 0.4) is 0 Å². The number of nitrogens with one attached hydrogen (secondary N) is 1. The van der Waals surface area contributed by atoms with Crippen molar-refractivity contribution in [2.75, 3.05) is 13.1 Å². The molecule has 1 aromatic carbocycles. The molecule has 2 saturated carbocycles. The monoisotopic (exact) mass is 432 g/mol. The molecule has 1 atom stereocenters. The highest BCUT2D eigenvalue weighted by Crippen LogP contribution is 2.66. The summed E-state index contributed by atoms with van der Waals surface area (Å²) in [5.74, 6) is 1.69. The van der Waals surface area contributed by atoms with E-state index in [-0.39, 0.29) is 5.91 Å². The summed E-state index contributed by atoms with van der Waals surface area (Å²) in [7, 11) is 0. The number of aryl methyl sites for hydroxylation is 1. The molecule has 2 amide bonds. The number of likely N-dealkylation sites (tertiary alicyclic amines) is 1. The molecule has 1 saturated heterocycles. The predicted octanol–water partition coefficient (Wildman–Crippen LogP) is 3.69. The fourth-order valence-electron chi connectivity index (χ4n) is 5.47. The zero-order chi connectivity index (χ0) is 22.1. The summed E-state index contributed by atoms with van der Waals surface area (Å²) in [4.78, 5) is 36.7. The molecule has 3 aliphatic rings. The number of rotatable bonds is 6. The highest BCUT2D eigenvalue weighted by Gasteiger charge is 2.61. The molecule has 2 aliphatic carbocycles. The molecule has 0 bridgehead atoms. The van der Waals surface area contributed by atoms with E-state index in [4.69, 9.17) is 0 Å². The topological polar surface area (TPSA) is 75.2 Å². The molecule has 3 fully saturated rings. The molecule has 0 unspecified atom stereocenters. The van der Waals surface area contributed by atoms with Crippen molar-refractivity contribution in [1.82, 2.24) is 20.2 Å². The fourth-order valence-corrected chi connectivity index (χ4v) is 5.47. The van der Waals surface area contributed by atoms with Crippen LogP contribution >= 0.6 is 0 Å². The van der Waals surface area contributed by atoms with Crippen LogP contribution in [-0.2, 0) is 17.8 Å². The quantitative estimate of drug-likeness (QED) is 0.756. The van der Waals surface area contributed by atoms with E-state index in [0.717, 1.165) is 50.0 Å². The van der Waals surface area contributed by atoms with E-state index in [1.807, 2.05) is 37.3 Å². The van der Waals surface area contributed by atoms with E-state index in [1.165, 1.54) is 19.3 Å². The van der Waals surface area contributed by atoms with E-state index in [2.05, 4.69) is 20.2 Å². The summed E-state index contributed by atoms with van der Waals surface area (Å²) in [5, 5.41) is 3.00. The van der Waals surface area contributed by atoms with Gasteiger partial charge in [0, 0.05) is 31.7 Å². The number of aromatic nitrogens is 2. The number of nitrogens with zero attached hydrogens (tertiary/aromatic N) is 3. The number of carbonyl (C=O) groups is 2. The first-order valence-corrected chi connectivity index (χ1v) is 12.0. The van der Waals surface area contributed by atoms with Crippen LogP contribution in [0.25, 0.3) is 0 Å². The lowest BCUT2D eigenvalue weighted by molar-refractivity contribution is -0.135. The first-order valence-electron chi connectivity index (χ1n) is 12.0. The summed E-state index contributed by atoms with van der Waals surface area (Å²) in [6, 6.07) is 9.89. The van der Waals surface area contributed by atoms with Crippen LogP contribution in [-0.4, -0.2) is 39.8 Å².